The van der Waals surface area contributed by atoms with Gasteiger partial charge in [-0.3, -0.25) is 0 Å². The summed E-state index contributed by atoms with van der Waals surface area (Å²) < 4.78 is 0. The summed E-state index contributed by atoms with van der Waals surface area (Å²) in [7, 11) is -0.389. The maximum atomic E-state index is 3.78. The van der Waals surface area contributed by atoms with Crippen molar-refractivity contribution in [3.8, 4) is 11.1 Å². The first kappa shape index (κ1) is 24.2. The zero-order chi connectivity index (χ0) is 18.4. The molecule has 0 bridgehead atoms. The van der Waals surface area contributed by atoms with Crippen molar-refractivity contribution in [2.75, 3.05) is 0 Å². The maximum Gasteiger partial charge on any atom is 4.00 e. The van der Waals surface area contributed by atoms with Crippen LogP contribution in [0.1, 0.15) is 11.1 Å². The number of rotatable bonds is 0. The van der Waals surface area contributed by atoms with Gasteiger partial charge in [-0.1, -0.05) is 54.6 Å². The van der Waals surface area contributed by atoms with E-state index in [-0.39, 0.29) is 37.9 Å². The number of benzene rings is 3. The van der Waals surface area contributed by atoms with Crippen molar-refractivity contribution in [2.45, 2.75) is 19.5 Å². The van der Waals surface area contributed by atoms with Crippen LogP contribution in [0.25, 0.3) is 21.9 Å². The van der Waals surface area contributed by atoms with E-state index in [9.17, 15) is 0 Å². The Morgan fingerprint density at radius 1 is 0.893 bits per heavy atom. The molecular formula is C26H28SiTi. The summed E-state index contributed by atoms with van der Waals surface area (Å²) in [6.45, 7) is 8.17. The van der Waals surface area contributed by atoms with Gasteiger partial charge in [0.15, 0.2) is 0 Å². The minimum Gasteiger partial charge on any atom is -0.358 e. The van der Waals surface area contributed by atoms with Crippen LogP contribution < -0.4 is 0 Å². The zero-order valence-corrected chi connectivity index (χ0v) is 19.8. The van der Waals surface area contributed by atoms with E-state index in [1.165, 1.54) is 33.0 Å². The normalized spacial score (nSPS) is 10.3. The summed E-state index contributed by atoms with van der Waals surface area (Å²) >= 11 is 0. The van der Waals surface area contributed by atoms with E-state index in [2.05, 4.69) is 105 Å². The molecule has 4 aromatic rings. The third kappa shape index (κ3) is 6.38. The molecule has 28 heavy (non-hydrogen) atoms. The van der Waals surface area contributed by atoms with Gasteiger partial charge in [0.05, 0.1) is 0 Å². The van der Waals surface area contributed by atoms with Gasteiger partial charge in [-0.2, -0.15) is 47.3 Å². The van der Waals surface area contributed by atoms with Gasteiger partial charge in [-0.15, -0.1) is 44.0 Å². The third-order valence-corrected chi connectivity index (χ3v) is 4.16. The average Bonchev–Trinajstić information content (AvgIpc) is 3.26. The van der Waals surface area contributed by atoms with E-state index in [1.807, 2.05) is 6.07 Å². The topological polar surface area (TPSA) is 0 Å². The van der Waals surface area contributed by atoms with Crippen LogP contribution in [-0.2, 0) is 28.1 Å². The summed E-state index contributed by atoms with van der Waals surface area (Å²) in [4.78, 5) is 0. The first-order valence-electron chi connectivity index (χ1n) is 9.16. The molecule has 4 aromatic carbocycles. The fourth-order valence-electron chi connectivity index (χ4n) is 3.07. The van der Waals surface area contributed by atoms with Crippen LogP contribution in [0.5, 0.6) is 0 Å². The molecule has 5 rings (SSSR count). The van der Waals surface area contributed by atoms with Crippen molar-refractivity contribution in [2.24, 2.45) is 0 Å². The van der Waals surface area contributed by atoms with Crippen LogP contribution in [0.4, 0.5) is 0 Å². The Hall–Kier alpha value is -1.80. The van der Waals surface area contributed by atoms with E-state index in [4.69, 9.17) is 0 Å². The minimum atomic E-state index is -0.389. The Morgan fingerprint density at radius 3 is 2.29 bits per heavy atom. The molecule has 0 amide bonds. The van der Waals surface area contributed by atoms with E-state index in [1.54, 1.807) is 0 Å². The van der Waals surface area contributed by atoms with Crippen LogP contribution in [0.3, 0.4) is 0 Å². The zero-order valence-electron chi connectivity index (χ0n) is 17.1. The quantitative estimate of drug-likeness (QED) is 0.190. The van der Waals surface area contributed by atoms with Gasteiger partial charge in [-0.25, -0.2) is 0 Å². The van der Waals surface area contributed by atoms with Crippen LogP contribution in [0, 0.1) is 20.0 Å². The summed E-state index contributed by atoms with van der Waals surface area (Å²) in [6, 6.07) is 32.8. The predicted octanol–water partition coefficient (Wildman–Crippen LogP) is 6.91. The molecule has 0 spiro atoms. The van der Waals surface area contributed by atoms with Crippen LogP contribution in [-0.4, -0.2) is 8.80 Å². The summed E-state index contributed by atoms with van der Waals surface area (Å²) in [6.07, 6.45) is 1.05. The van der Waals surface area contributed by atoms with E-state index >= 15 is 0 Å². The smallest absolute Gasteiger partial charge is 0.358 e. The van der Waals surface area contributed by atoms with E-state index in [0.29, 0.717) is 0 Å². The minimum absolute atomic E-state index is 0. The second-order valence-corrected chi connectivity index (χ2v) is 9.73. The standard InChI is InChI=1S/C13H9.C9H7.C3H9Si.CH3.Ti/c1-3-7-12-10(5-1)9-11-6-2-4-8-13(11)12;1-2-5-9-7-3-6-8(9)4-1;1-4(2)3;;/h1-5,7-8H,9H2;1-7H;4H,1H2,2-3H3;1H3;/q4*-1;+4. The molecule has 0 saturated carbocycles. The molecule has 2 heteroatoms. The Balaban J connectivity index is 0.000000231. The monoisotopic (exact) mass is 416 g/mol. The van der Waals surface area contributed by atoms with Gasteiger partial charge < -0.3 is 14.0 Å². The fourth-order valence-corrected chi connectivity index (χ4v) is 3.07. The molecule has 0 radical (unpaired) electrons. The number of fused-ring (bicyclic) bond motifs is 4. The molecule has 0 fully saturated rings. The molecule has 0 aromatic heterocycles. The largest absolute Gasteiger partial charge is 4.00 e. The number of hydrogen-bond donors (Lipinski definition) is 0. The van der Waals surface area contributed by atoms with Gasteiger partial charge in [0.25, 0.3) is 0 Å². The first-order chi connectivity index (χ1) is 12.6. The third-order valence-electron chi connectivity index (χ3n) is 4.16. The molecule has 1 aliphatic rings. The average molecular weight is 416 g/mol. The Morgan fingerprint density at radius 2 is 1.54 bits per heavy atom. The van der Waals surface area contributed by atoms with Crippen molar-refractivity contribution in [3.05, 3.63) is 116 Å². The van der Waals surface area contributed by atoms with Gasteiger partial charge in [0.2, 0.25) is 0 Å². The van der Waals surface area contributed by atoms with E-state index in [0.717, 1.165) is 6.42 Å². The van der Waals surface area contributed by atoms with Crippen molar-refractivity contribution in [3.63, 3.8) is 0 Å². The molecular weight excluding hydrogens is 388 g/mol. The summed E-state index contributed by atoms with van der Waals surface area (Å²) in [5.41, 5.74) is 5.51. The van der Waals surface area contributed by atoms with Crippen LogP contribution >= 0.6 is 0 Å². The van der Waals surface area contributed by atoms with Crippen molar-refractivity contribution >= 4 is 19.6 Å². The second kappa shape index (κ2) is 11.9. The van der Waals surface area contributed by atoms with Gasteiger partial charge >= 0.3 is 21.7 Å². The fraction of sp³-hybridized carbons (Fsp3) is 0.115. The second-order valence-electron chi connectivity index (χ2n) is 6.94. The van der Waals surface area contributed by atoms with Gasteiger partial charge in [0, 0.05) is 0 Å². The maximum absolute atomic E-state index is 3.78. The molecule has 140 valence electrons. The number of hydrogen-bond acceptors (Lipinski definition) is 0. The molecule has 0 atom stereocenters. The molecule has 0 saturated heterocycles. The van der Waals surface area contributed by atoms with Crippen molar-refractivity contribution in [1.82, 2.24) is 0 Å². The van der Waals surface area contributed by atoms with Crippen LogP contribution in [0.15, 0.2) is 84.9 Å². The Bertz CT molecular complexity index is 892. The molecule has 0 unspecified atom stereocenters. The Kier molecular flexibility index (Phi) is 10.3. The molecule has 0 nitrogen and oxygen atoms in total. The summed E-state index contributed by atoms with van der Waals surface area (Å²) in [5.74, 6) is 0. The molecule has 0 heterocycles. The van der Waals surface area contributed by atoms with Gasteiger partial charge in [0.1, 0.15) is 0 Å². The van der Waals surface area contributed by atoms with Crippen molar-refractivity contribution in [1.29, 1.82) is 0 Å². The first-order valence-corrected chi connectivity index (χ1v) is 12.3. The van der Waals surface area contributed by atoms with Gasteiger partial charge in [-0.05, 0) is 6.42 Å². The SMILES string of the molecule is [CH2-][SiH](C)C.[CH3-].[Ti+4].[c-]1cccc2c1Cc1ccccc1-2.c1ccc2[cH-]ccc2c1. The van der Waals surface area contributed by atoms with E-state index < -0.39 is 0 Å². The summed E-state index contributed by atoms with van der Waals surface area (Å²) in [5, 5.41) is 2.66. The predicted molar refractivity (Wildman–Crippen MR) is 124 cm³/mol. The molecule has 1 aliphatic carbocycles. The molecule has 0 N–H and O–H groups in total. The van der Waals surface area contributed by atoms with Crippen LogP contribution in [0.2, 0.25) is 13.1 Å². The van der Waals surface area contributed by atoms with Crippen molar-refractivity contribution < 1.29 is 21.7 Å². The molecule has 0 aliphatic heterocycles. The Labute approximate surface area is 187 Å².